The molecular weight excluding hydrogens is 460 g/mol. The minimum atomic E-state index is -0.202. The number of pyridine rings is 3. The fourth-order valence-corrected chi connectivity index (χ4v) is 5.23. The molecule has 4 heterocycles. The summed E-state index contributed by atoms with van der Waals surface area (Å²) in [7, 11) is 0. The van der Waals surface area contributed by atoms with Gasteiger partial charge in [0.1, 0.15) is 0 Å². The number of rotatable bonds is 4. The molecule has 4 aromatic heterocycles. The second-order valence-electron chi connectivity index (χ2n) is 9.72. The minimum absolute atomic E-state index is 0.190. The van der Waals surface area contributed by atoms with Crippen LogP contribution in [0, 0.1) is 0 Å². The maximum absolute atomic E-state index is 12.0. The van der Waals surface area contributed by atoms with Gasteiger partial charge in [-0.1, -0.05) is 60.7 Å². The van der Waals surface area contributed by atoms with Crippen LogP contribution < -0.4 is 11.3 Å². The highest BCUT2D eigenvalue weighted by molar-refractivity contribution is 5.92. The van der Waals surface area contributed by atoms with E-state index in [4.69, 9.17) is 10.7 Å². The van der Waals surface area contributed by atoms with Gasteiger partial charge >= 0.3 is 0 Å². The van der Waals surface area contributed by atoms with E-state index in [0.29, 0.717) is 17.2 Å². The first kappa shape index (κ1) is 21.6. The molecule has 7 heteroatoms. The van der Waals surface area contributed by atoms with E-state index in [1.54, 1.807) is 6.07 Å². The molecule has 37 heavy (non-hydrogen) atoms. The zero-order valence-electron chi connectivity index (χ0n) is 20.1. The summed E-state index contributed by atoms with van der Waals surface area (Å²) in [6, 6.07) is 29.8. The van der Waals surface area contributed by atoms with Crippen LogP contribution in [0.2, 0.25) is 0 Å². The van der Waals surface area contributed by atoms with Crippen molar-refractivity contribution in [1.82, 2.24) is 24.6 Å². The minimum Gasteiger partial charge on any atom is -0.321 e. The molecule has 1 saturated carbocycles. The summed E-state index contributed by atoms with van der Waals surface area (Å²) >= 11 is 0. The van der Waals surface area contributed by atoms with Gasteiger partial charge in [-0.15, -0.1) is 10.2 Å². The number of aromatic nitrogens is 5. The molecule has 1 fully saturated rings. The van der Waals surface area contributed by atoms with Crippen molar-refractivity contribution in [3.8, 4) is 33.9 Å². The first-order valence-electron chi connectivity index (χ1n) is 12.4. The first-order chi connectivity index (χ1) is 18.1. The SMILES string of the molecule is NC1(c2ccc(-c3nc4ccc5nnc(-c6cccc(=O)[nH]6)n5c4cc3-c3ccccc3)cc2)CCC1. The van der Waals surface area contributed by atoms with Crippen molar-refractivity contribution in [2.75, 3.05) is 0 Å². The van der Waals surface area contributed by atoms with Crippen molar-refractivity contribution < 1.29 is 0 Å². The highest BCUT2D eigenvalue weighted by atomic mass is 16.1. The molecule has 2 aromatic carbocycles. The van der Waals surface area contributed by atoms with Crippen molar-refractivity contribution in [3.63, 3.8) is 0 Å². The third kappa shape index (κ3) is 3.55. The summed E-state index contributed by atoms with van der Waals surface area (Å²) in [5, 5.41) is 8.74. The Morgan fingerprint density at radius 2 is 1.65 bits per heavy atom. The molecule has 0 unspecified atom stereocenters. The summed E-state index contributed by atoms with van der Waals surface area (Å²) in [6.07, 6.45) is 3.23. The lowest BCUT2D eigenvalue weighted by atomic mass is 9.72. The van der Waals surface area contributed by atoms with E-state index in [2.05, 4.69) is 57.6 Å². The highest BCUT2D eigenvalue weighted by Gasteiger charge is 2.34. The second kappa shape index (κ2) is 8.21. The van der Waals surface area contributed by atoms with Crippen molar-refractivity contribution in [2.24, 2.45) is 5.73 Å². The first-order valence-corrected chi connectivity index (χ1v) is 12.4. The maximum atomic E-state index is 12.0. The van der Waals surface area contributed by atoms with E-state index in [0.717, 1.165) is 46.3 Å². The van der Waals surface area contributed by atoms with Crippen LogP contribution in [-0.2, 0) is 5.54 Å². The third-order valence-electron chi connectivity index (χ3n) is 7.42. The van der Waals surface area contributed by atoms with E-state index in [9.17, 15) is 4.79 Å². The summed E-state index contributed by atoms with van der Waals surface area (Å²) in [5.41, 5.74) is 14.3. The van der Waals surface area contributed by atoms with Crippen LogP contribution in [0.1, 0.15) is 24.8 Å². The molecule has 1 aliphatic rings. The Hall–Kier alpha value is -4.62. The number of aromatic amines is 1. The Bertz CT molecular complexity index is 1830. The molecule has 0 saturated heterocycles. The van der Waals surface area contributed by atoms with Crippen LogP contribution in [0.3, 0.4) is 0 Å². The number of benzene rings is 2. The van der Waals surface area contributed by atoms with Crippen LogP contribution in [0.5, 0.6) is 0 Å². The highest BCUT2D eigenvalue weighted by Crippen LogP contribution is 2.40. The van der Waals surface area contributed by atoms with Crippen LogP contribution >= 0.6 is 0 Å². The van der Waals surface area contributed by atoms with Crippen LogP contribution in [0.4, 0.5) is 0 Å². The molecule has 7 nitrogen and oxygen atoms in total. The Balaban J connectivity index is 1.47. The van der Waals surface area contributed by atoms with Crippen molar-refractivity contribution in [3.05, 3.63) is 107 Å². The smallest absolute Gasteiger partial charge is 0.248 e. The standard InChI is InChI=1S/C30H24N6O/c31-30(16-5-17-30)21-12-10-20(11-13-21)28-22(19-6-2-1-3-7-19)18-25-23(33-28)14-15-26-34-35-29(36(25)26)24-8-4-9-27(37)32-24/h1-4,6-15,18H,5,16-17,31H2,(H,32,37). The van der Waals surface area contributed by atoms with Crippen molar-refractivity contribution in [1.29, 1.82) is 0 Å². The van der Waals surface area contributed by atoms with Gasteiger partial charge in [-0.3, -0.25) is 9.20 Å². The Morgan fingerprint density at radius 3 is 2.38 bits per heavy atom. The van der Waals surface area contributed by atoms with E-state index in [1.165, 1.54) is 18.1 Å². The number of H-pyrrole nitrogens is 1. The third-order valence-corrected chi connectivity index (χ3v) is 7.42. The molecule has 3 N–H and O–H groups in total. The molecule has 0 aliphatic heterocycles. The van der Waals surface area contributed by atoms with E-state index < -0.39 is 0 Å². The molecule has 0 spiro atoms. The number of nitrogens with zero attached hydrogens (tertiary/aromatic N) is 4. The van der Waals surface area contributed by atoms with Crippen LogP contribution in [-0.4, -0.2) is 24.6 Å². The normalized spacial score (nSPS) is 14.6. The van der Waals surface area contributed by atoms with Gasteiger partial charge in [0.05, 0.1) is 22.4 Å². The molecule has 1 aliphatic carbocycles. The second-order valence-corrected chi connectivity index (χ2v) is 9.72. The molecule has 0 amide bonds. The van der Waals surface area contributed by atoms with Gasteiger partial charge in [0.15, 0.2) is 11.5 Å². The average Bonchev–Trinajstić information content (AvgIpc) is 3.36. The average molecular weight is 485 g/mol. The fourth-order valence-electron chi connectivity index (χ4n) is 5.23. The Morgan fingerprint density at radius 1 is 0.838 bits per heavy atom. The van der Waals surface area contributed by atoms with Gasteiger partial charge in [0, 0.05) is 22.7 Å². The number of hydrogen-bond acceptors (Lipinski definition) is 5. The van der Waals surface area contributed by atoms with Crippen LogP contribution in [0.25, 0.3) is 50.6 Å². The fraction of sp³-hybridized carbons (Fsp3) is 0.133. The van der Waals surface area contributed by atoms with E-state index >= 15 is 0 Å². The number of nitrogens with one attached hydrogen (secondary N) is 1. The van der Waals surface area contributed by atoms with Gasteiger partial charge < -0.3 is 10.7 Å². The van der Waals surface area contributed by atoms with Gasteiger partial charge in [-0.25, -0.2) is 4.98 Å². The predicted octanol–water partition coefficient (Wildman–Crippen LogP) is 5.30. The van der Waals surface area contributed by atoms with Gasteiger partial charge in [0.25, 0.3) is 0 Å². The summed E-state index contributed by atoms with van der Waals surface area (Å²) in [4.78, 5) is 20.0. The lowest BCUT2D eigenvalue weighted by molar-refractivity contribution is 0.253. The zero-order chi connectivity index (χ0) is 25.0. The van der Waals surface area contributed by atoms with Crippen LogP contribution in [0.15, 0.2) is 95.8 Å². The van der Waals surface area contributed by atoms with Crippen molar-refractivity contribution >= 4 is 16.7 Å². The molecule has 0 radical (unpaired) electrons. The number of hydrogen-bond donors (Lipinski definition) is 2. The molecule has 6 aromatic rings. The maximum Gasteiger partial charge on any atom is 0.248 e. The van der Waals surface area contributed by atoms with E-state index in [-0.39, 0.29) is 11.1 Å². The topological polar surface area (TPSA) is 102 Å². The van der Waals surface area contributed by atoms with Gasteiger partial charge in [0.2, 0.25) is 5.56 Å². The molecule has 180 valence electrons. The summed E-state index contributed by atoms with van der Waals surface area (Å²) < 4.78 is 1.95. The lowest BCUT2D eigenvalue weighted by Crippen LogP contribution is -2.43. The molecule has 7 rings (SSSR count). The quantitative estimate of drug-likeness (QED) is 0.353. The monoisotopic (exact) mass is 484 g/mol. The largest absolute Gasteiger partial charge is 0.321 e. The molecule has 0 bridgehead atoms. The Kier molecular flexibility index (Phi) is 4.81. The number of fused-ring (bicyclic) bond motifs is 3. The predicted molar refractivity (Wildman–Crippen MR) is 145 cm³/mol. The van der Waals surface area contributed by atoms with Crippen molar-refractivity contribution in [2.45, 2.75) is 24.8 Å². The summed E-state index contributed by atoms with van der Waals surface area (Å²) in [5.74, 6) is 0.560. The van der Waals surface area contributed by atoms with E-state index in [1.807, 2.05) is 40.8 Å². The summed E-state index contributed by atoms with van der Waals surface area (Å²) in [6.45, 7) is 0. The van der Waals surface area contributed by atoms with Gasteiger partial charge in [-0.05, 0) is 54.7 Å². The molecular formula is C30H24N6O. The lowest BCUT2D eigenvalue weighted by Gasteiger charge is -2.38. The zero-order valence-corrected chi connectivity index (χ0v) is 20.1. The molecule has 0 atom stereocenters. The van der Waals surface area contributed by atoms with Gasteiger partial charge in [-0.2, -0.15) is 0 Å². The Labute approximate surface area is 212 Å². The number of nitrogens with two attached hydrogens (primary N) is 1.